The Hall–Kier alpha value is -0.700. The van der Waals surface area contributed by atoms with Gasteiger partial charge in [0, 0.05) is 12.8 Å². The summed E-state index contributed by atoms with van der Waals surface area (Å²) in [4.78, 5) is 20.1. The summed E-state index contributed by atoms with van der Waals surface area (Å²) in [7, 11) is 0. The second kappa shape index (κ2) is 6.78. The van der Waals surface area contributed by atoms with Gasteiger partial charge in [-0.15, -0.1) is 0 Å². The summed E-state index contributed by atoms with van der Waals surface area (Å²) in [5, 5.41) is 8.97. The lowest BCUT2D eigenvalue weighted by atomic mass is 10.0. The molecule has 0 heterocycles. The lowest BCUT2D eigenvalue weighted by Crippen LogP contribution is -2.21. The van der Waals surface area contributed by atoms with Crippen LogP contribution in [0.3, 0.4) is 0 Å². The molecule has 0 aromatic heterocycles. The van der Waals surface area contributed by atoms with Crippen molar-refractivity contribution >= 4 is 11.6 Å². The van der Waals surface area contributed by atoms with Crippen molar-refractivity contribution in [1.29, 1.82) is 0 Å². The molecular formula is C10H20O3. The van der Waals surface area contributed by atoms with Gasteiger partial charge in [0.2, 0.25) is 0 Å². The molecule has 0 amide bonds. The molecule has 0 aromatic carbocycles. The second-order valence-electron chi connectivity index (χ2n) is 3.75. The van der Waals surface area contributed by atoms with E-state index >= 15 is 0 Å². The van der Waals surface area contributed by atoms with Gasteiger partial charge in [0.25, 0.3) is 0 Å². The van der Waals surface area contributed by atoms with Crippen LogP contribution < -0.4 is 0 Å². The van der Waals surface area contributed by atoms with Crippen molar-refractivity contribution in [3.05, 3.63) is 0 Å². The number of hydrogen-bond donors (Lipinski definition) is 1. The highest BCUT2D eigenvalue weighted by Gasteiger charge is 2.13. The van der Waals surface area contributed by atoms with E-state index in [2.05, 4.69) is 0 Å². The zero-order valence-corrected chi connectivity index (χ0v) is 9.18. The molecule has 0 unspecified atom stereocenters. The van der Waals surface area contributed by atoms with Crippen molar-refractivity contribution in [1.82, 2.24) is 0 Å². The molecular weight excluding hydrogens is 168 g/mol. The molecule has 0 fully saturated rings. The number of carbonyl (C=O) groups excluding carboxylic acids is 2. The first-order valence-corrected chi connectivity index (χ1v) is 4.40. The average molecular weight is 188 g/mol. The van der Waals surface area contributed by atoms with Gasteiger partial charge in [-0.05, 0) is 27.7 Å². The zero-order valence-electron chi connectivity index (χ0n) is 9.18. The Balaban J connectivity index is 0. The molecule has 0 spiro atoms. The van der Waals surface area contributed by atoms with Crippen LogP contribution in [-0.2, 0) is 9.59 Å². The maximum absolute atomic E-state index is 10.3. The van der Waals surface area contributed by atoms with E-state index in [1.54, 1.807) is 20.8 Å². The minimum Gasteiger partial charge on any atom is -0.390 e. The van der Waals surface area contributed by atoms with E-state index in [-0.39, 0.29) is 18.0 Å². The summed E-state index contributed by atoms with van der Waals surface area (Å²) in [5.74, 6) is 0.280. The van der Waals surface area contributed by atoms with Crippen molar-refractivity contribution in [2.75, 3.05) is 0 Å². The predicted octanol–water partition coefficient (Wildman–Crippen LogP) is 1.72. The fourth-order valence-electron chi connectivity index (χ4n) is 0.609. The zero-order chi connectivity index (χ0) is 11.1. The van der Waals surface area contributed by atoms with E-state index in [9.17, 15) is 9.59 Å². The number of hydrogen-bond acceptors (Lipinski definition) is 3. The number of rotatable bonds is 3. The van der Waals surface area contributed by atoms with Crippen LogP contribution in [0, 0.1) is 0 Å². The third-order valence-corrected chi connectivity index (χ3v) is 1.18. The fraction of sp³-hybridized carbons (Fsp3) is 0.800. The summed E-state index contributed by atoms with van der Waals surface area (Å²) in [6.07, 6.45) is 0.910. The molecule has 1 N–H and O–H groups in total. The second-order valence-corrected chi connectivity index (χ2v) is 3.75. The summed E-state index contributed by atoms with van der Waals surface area (Å²) in [6.45, 7) is 8.14. The first kappa shape index (κ1) is 14.8. The van der Waals surface area contributed by atoms with Gasteiger partial charge in [0.1, 0.15) is 11.6 Å². The minimum absolute atomic E-state index is 0.0255. The Morgan fingerprint density at radius 3 is 1.46 bits per heavy atom. The smallest absolute Gasteiger partial charge is 0.132 e. The van der Waals surface area contributed by atoms with Crippen molar-refractivity contribution < 1.29 is 14.7 Å². The number of Topliss-reactive ketones (excluding diaryl/α,β-unsaturated/α-hetero) is 2. The highest BCUT2D eigenvalue weighted by Crippen LogP contribution is 2.06. The fourth-order valence-corrected chi connectivity index (χ4v) is 0.609. The molecule has 0 aromatic rings. The molecule has 0 saturated carbocycles. The number of carbonyl (C=O) groups is 2. The van der Waals surface area contributed by atoms with E-state index in [1.165, 1.54) is 6.92 Å². The van der Waals surface area contributed by atoms with E-state index in [0.717, 1.165) is 0 Å². The summed E-state index contributed by atoms with van der Waals surface area (Å²) >= 11 is 0. The van der Waals surface area contributed by atoms with Gasteiger partial charge < -0.3 is 9.90 Å². The van der Waals surface area contributed by atoms with Crippen LogP contribution in [0.2, 0.25) is 0 Å². The molecule has 0 bridgehead atoms. The van der Waals surface area contributed by atoms with Crippen LogP contribution in [0.1, 0.15) is 47.5 Å². The largest absolute Gasteiger partial charge is 0.390 e. The molecule has 78 valence electrons. The SMILES string of the molecule is CC(=O)CC(C)(C)O.CCC(C)=O. The van der Waals surface area contributed by atoms with Crippen LogP contribution >= 0.6 is 0 Å². The summed E-state index contributed by atoms with van der Waals surface area (Å²) < 4.78 is 0. The third kappa shape index (κ3) is 24.6. The van der Waals surface area contributed by atoms with E-state index in [0.29, 0.717) is 6.42 Å². The van der Waals surface area contributed by atoms with Gasteiger partial charge in [0.15, 0.2) is 0 Å². The van der Waals surface area contributed by atoms with E-state index in [1.807, 2.05) is 6.92 Å². The maximum atomic E-state index is 10.3. The van der Waals surface area contributed by atoms with Crippen LogP contribution in [-0.4, -0.2) is 22.3 Å². The summed E-state index contributed by atoms with van der Waals surface area (Å²) in [6, 6.07) is 0. The highest BCUT2D eigenvalue weighted by molar-refractivity contribution is 5.76. The first-order chi connectivity index (χ1) is 5.69. The Kier molecular flexibility index (Phi) is 7.72. The van der Waals surface area contributed by atoms with Gasteiger partial charge >= 0.3 is 0 Å². The molecule has 0 atom stereocenters. The third-order valence-electron chi connectivity index (χ3n) is 1.18. The van der Waals surface area contributed by atoms with E-state index in [4.69, 9.17) is 5.11 Å². The topological polar surface area (TPSA) is 54.4 Å². The Labute approximate surface area is 80.1 Å². The van der Waals surface area contributed by atoms with Gasteiger partial charge in [-0.1, -0.05) is 6.92 Å². The highest BCUT2D eigenvalue weighted by atomic mass is 16.3. The molecule has 0 aliphatic heterocycles. The van der Waals surface area contributed by atoms with Gasteiger partial charge in [-0.2, -0.15) is 0 Å². The molecule has 3 nitrogen and oxygen atoms in total. The van der Waals surface area contributed by atoms with Crippen LogP contribution in [0.15, 0.2) is 0 Å². The molecule has 0 aliphatic carbocycles. The Morgan fingerprint density at radius 1 is 1.15 bits per heavy atom. The average Bonchev–Trinajstić information content (AvgIpc) is 1.83. The number of aliphatic hydroxyl groups is 1. The normalized spacial score (nSPS) is 10.0. The lowest BCUT2D eigenvalue weighted by Gasteiger charge is -2.13. The molecule has 0 saturated heterocycles. The van der Waals surface area contributed by atoms with Crippen molar-refractivity contribution in [3.8, 4) is 0 Å². The van der Waals surface area contributed by atoms with Gasteiger partial charge in [-0.25, -0.2) is 0 Å². The molecule has 13 heavy (non-hydrogen) atoms. The van der Waals surface area contributed by atoms with Crippen LogP contribution in [0.4, 0.5) is 0 Å². The van der Waals surface area contributed by atoms with Gasteiger partial charge in [0.05, 0.1) is 5.60 Å². The Bertz CT molecular complexity index is 165. The minimum atomic E-state index is -0.828. The molecule has 3 heteroatoms. The standard InChI is InChI=1S/C6H12O2.C4H8O/c1-5(7)4-6(2,3)8;1-3-4(2)5/h8H,4H2,1-3H3;3H2,1-2H3. The van der Waals surface area contributed by atoms with Crippen LogP contribution in [0.25, 0.3) is 0 Å². The van der Waals surface area contributed by atoms with Crippen molar-refractivity contribution in [2.24, 2.45) is 0 Å². The van der Waals surface area contributed by atoms with Crippen molar-refractivity contribution in [2.45, 2.75) is 53.1 Å². The molecule has 0 aliphatic rings. The maximum Gasteiger partial charge on any atom is 0.132 e. The summed E-state index contributed by atoms with van der Waals surface area (Å²) in [5.41, 5.74) is -0.828. The monoisotopic (exact) mass is 188 g/mol. The quantitative estimate of drug-likeness (QED) is 0.733. The lowest BCUT2D eigenvalue weighted by molar-refractivity contribution is -0.120. The van der Waals surface area contributed by atoms with Crippen LogP contribution in [0.5, 0.6) is 0 Å². The van der Waals surface area contributed by atoms with Gasteiger partial charge in [-0.3, -0.25) is 4.79 Å². The van der Waals surface area contributed by atoms with Crippen molar-refractivity contribution in [3.63, 3.8) is 0 Å². The van der Waals surface area contributed by atoms with E-state index < -0.39 is 5.60 Å². The predicted molar refractivity (Wildman–Crippen MR) is 52.6 cm³/mol. The number of ketones is 2. The molecule has 0 radical (unpaired) electrons. The molecule has 0 rings (SSSR count). The first-order valence-electron chi connectivity index (χ1n) is 4.40. The Morgan fingerprint density at radius 2 is 1.46 bits per heavy atom.